The molecule has 0 aliphatic heterocycles. The summed E-state index contributed by atoms with van der Waals surface area (Å²) >= 11 is 0. The molecular formula is C15H18N4. The van der Waals surface area contributed by atoms with E-state index in [1.54, 1.807) is 0 Å². The average Bonchev–Trinajstić information content (AvgIpc) is 3.22. The van der Waals surface area contributed by atoms with Crippen LogP contribution in [0.25, 0.3) is 0 Å². The lowest BCUT2D eigenvalue weighted by Crippen LogP contribution is -2.26. The number of nitrogens with two attached hydrogens (primary N) is 1. The Balaban J connectivity index is 1.83. The summed E-state index contributed by atoms with van der Waals surface area (Å²) in [6, 6.07) is 12.7. The van der Waals surface area contributed by atoms with Crippen molar-refractivity contribution in [3.63, 3.8) is 0 Å². The van der Waals surface area contributed by atoms with Gasteiger partial charge < -0.3 is 10.6 Å². The molecule has 1 heterocycles. The predicted molar refractivity (Wildman–Crippen MR) is 76.8 cm³/mol. The summed E-state index contributed by atoms with van der Waals surface area (Å²) in [4.78, 5) is 2.32. The van der Waals surface area contributed by atoms with Crippen LogP contribution in [0.1, 0.15) is 24.1 Å². The highest BCUT2D eigenvalue weighted by Crippen LogP contribution is 2.31. The molecule has 1 aromatic carbocycles. The van der Waals surface area contributed by atoms with Crippen molar-refractivity contribution in [3.05, 3.63) is 47.7 Å². The van der Waals surface area contributed by atoms with Gasteiger partial charge in [-0.3, -0.25) is 0 Å². The van der Waals surface area contributed by atoms with E-state index in [4.69, 9.17) is 5.73 Å². The number of nitrogen functional groups attached to an aromatic ring is 1. The third-order valence-corrected chi connectivity index (χ3v) is 3.37. The predicted octanol–water partition coefficient (Wildman–Crippen LogP) is 2.54. The summed E-state index contributed by atoms with van der Waals surface area (Å²) in [6.45, 7) is 2.80. The van der Waals surface area contributed by atoms with Crippen LogP contribution in [0.15, 0.2) is 36.4 Å². The quantitative estimate of drug-likeness (QED) is 0.852. The van der Waals surface area contributed by atoms with E-state index >= 15 is 0 Å². The van der Waals surface area contributed by atoms with E-state index < -0.39 is 0 Å². The topological polar surface area (TPSA) is 55.0 Å². The zero-order valence-electron chi connectivity index (χ0n) is 11.1. The highest BCUT2D eigenvalue weighted by atomic mass is 15.3. The van der Waals surface area contributed by atoms with E-state index in [1.807, 2.05) is 37.3 Å². The maximum atomic E-state index is 5.84. The monoisotopic (exact) mass is 254 g/mol. The molecule has 1 aliphatic rings. The minimum atomic E-state index is 0.596. The lowest BCUT2D eigenvalue weighted by Gasteiger charge is -2.23. The highest BCUT2D eigenvalue weighted by molar-refractivity contribution is 5.45. The molecule has 0 amide bonds. The highest BCUT2D eigenvalue weighted by Gasteiger charge is 2.30. The molecule has 4 nitrogen and oxygen atoms in total. The Morgan fingerprint density at radius 2 is 2.05 bits per heavy atom. The molecule has 3 rings (SSSR count). The number of aryl methyl sites for hydroxylation is 1. The Bertz CT molecular complexity index is 561. The van der Waals surface area contributed by atoms with Crippen molar-refractivity contribution in [2.75, 3.05) is 10.6 Å². The van der Waals surface area contributed by atoms with Crippen LogP contribution in [0.2, 0.25) is 0 Å². The Hall–Kier alpha value is -2.10. The number of anilines is 2. The van der Waals surface area contributed by atoms with Crippen LogP contribution in [-0.4, -0.2) is 16.2 Å². The van der Waals surface area contributed by atoms with E-state index in [2.05, 4.69) is 21.2 Å². The third kappa shape index (κ3) is 2.84. The number of aromatic nitrogens is 2. The Kier molecular flexibility index (Phi) is 3.07. The van der Waals surface area contributed by atoms with Gasteiger partial charge in [0.2, 0.25) is 0 Å². The van der Waals surface area contributed by atoms with Crippen molar-refractivity contribution in [1.82, 2.24) is 10.2 Å². The number of benzene rings is 1. The summed E-state index contributed by atoms with van der Waals surface area (Å²) in [5.74, 6) is 0.954. The van der Waals surface area contributed by atoms with Crippen LogP contribution < -0.4 is 10.6 Å². The zero-order chi connectivity index (χ0) is 13.2. The molecule has 0 atom stereocenters. The van der Waals surface area contributed by atoms with Gasteiger partial charge in [-0.1, -0.05) is 12.1 Å². The van der Waals surface area contributed by atoms with Gasteiger partial charge in [-0.15, -0.1) is 5.10 Å². The fraction of sp³-hybridized carbons (Fsp3) is 0.333. The first kappa shape index (κ1) is 12.0. The zero-order valence-corrected chi connectivity index (χ0v) is 11.1. The molecule has 1 fully saturated rings. The van der Waals surface area contributed by atoms with Gasteiger partial charge in [-0.25, -0.2) is 0 Å². The normalized spacial score (nSPS) is 14.4. The minimum Gasteiger partial charge on any atom is -0.399 e. The van der Waals surface area contributed by atoms with Gasteiger partial charge in [-0.05, 0) is 49.6 Å². The largest absolute Gasteiger partial charge is 0.399 e. The van der Waals surface area contributed by atoms with E-state index in [-0.39, 0.29) is 0 Å². The van der Waals surface area contributed by atoms with E-state index in [0.717, 1.165) is 23.7 Å². The summed E-state index contributed by atoms with van der Waals surface area (Å²) in [6.07, 6.45) is 2.47. The summed E-state index contributed by atoms with van der Waals surface area (Å²) in [5.41, 5.74) is 8.81. The van der Waals surface area contributed by atoms with Crippen molar-refractivity contribution < 1.29 is 0 Å². The van der Waals surface area contributed by atoms with Crippen molar-refractivity contribution in [2.24, 2.45) is 0 Å². The second kappa shape index (κ2) is 4.88. The van der Waals surface area contributed by atoms with Crippen LogP contribution in [0, 0.1) is 6.92 Å². The van der Waals surface area contributed by atoms with Crippen LogP contribution in [0.3, 0.4) is 0 Å². The first-order valence-corrected chi connectivity index (χ1v) is 6.64. The van der Waals surface area contributed by atoms with E-state index in [1.165, 1.54) is 18.4 Å². The number of rotatable bonds is 4. The molecule has 0 saturated heterocycles. The van der Waals surface area contributed by atoms with Crippen molar-refractivity contribution in [3.8, 4) is 0 Å². The second-order valence-electron chi connectivity index (χ2n) is 5.14. The molecule has 1 aliphatic carbocycles. The van der Waals surface area contributed by atoms with Crippen LogP contribution >= 0.6 is 0 Å². The summed E-state index contributed by atoms with van der Waals surface area (Å²) in [5, 5.41) is 8.46. The number of hydrogen-bond donors (Lipinski definition) is 1. The van der Waals surface area contributed by atoms with Crippen LogP contribution in [-0.2, 0) is 6.54 Å². The third-order valence-electron chi connectivity index (χ3n) is 3.37. The molecule has 1 aromatic heterocycles. The molecular weight excluding hydrogens is 236 g/mol. The molecule has 0 bridgehead atoms. The smallest absolute Gasteiger partial charge is 0.151 e. The fourth-order valence-electron chi connectivity index (χ4n) is 2.22. The maximum absolute atomic E-state index is 5.84. The molecule has 0 unspecified atom stereocenters. The van der Waals surface area contributed by atoms with Gasteiger partial charge in [0.15, 0.2) is 5.82 Å². The molecule has 19 heavy (non-hydrogen) atoms. The maximum Gasteiger partial charge on any atom is 0.151 e. The number of hydrogen-bond acceptors (Lipinski definition) is 4. The van der Waals surface area contributed by atoms with Crippen molar-refractivity contribution >= 4 is 11.5 Å². The number of nitrogens with zero attached hydrogens (tertiary/aromatic N) is 3. The van der Waals surface area contributed by atoms with Crippen molar-refractivity contribution in [2.45, 2.75) is 32.4 Å². The summed E-state index contributed by atoms with van der Waals surface area (Å²) < 4.78 is 0. The molecule has 4 heteroatoms. The lowest BCUT2D eigenvalue weighted by atomic mass is 10.2. The molecule has 2 N–H and O–H groups in total. The lowest BCUT2D eigenvalue weighted by molar-refractivity contribution is 0.761. The van der Waals surface area contributed by atoms with Gasteiger partial charge in [0.1, 0.15) is 0 Å². The van der Waals surface area contributed by atoms with E-state index in [0.29, 0.717) is 6.04 Å². The van der Waals surface area contributed by atoms with Crippen LogP contribution in [0.5, 0.6) is 0 Å². The standard InChI is InChI=1S/C15H18N4/c1-11-5-8-15(18-17-11)19(14-6-7-14)10-12-3-2-4-13(16)9-12/h2-5,8-9,14H,6-7,10,16H2,1H3. The average molecular weight is 254 g/mol. The fourth-order valence-corrected chi connectivity index (χ4v) is 2.22. The van der Waals surface area contributed by atoms with Gasteiger partial charge in [0.25, 0.3) is 0 Å². The van der Waals surface area contributed by atoms with Gasteiger partial charge in [0, 0.05) is 18.3 Å². The first-order valence-electron chi connectivity index (χ1n) is 6.64. The Morgan fingerprint density at radius 1 is 1.21 bits per heavy atom. The molecule has 2 aromatic rings. The molecule has 0 spiro atoms. The van der Waals surface area contributed by atoms with E-state index in [9.17, 15) is 0 Å². The first-order chi connectivity index (χ1) is 9.22. The molecule has 98 valence electrons. The minimum absolute atomic E-state index is 0.596. The SMILES string of the molecule is Cc1ccc(N(Cc2cccc(N)c2)C2CC2)nn1. The Morgan fingerprint density at radius 3 is 2.68 bits per heavy atom. The molecule has 0 radical (unpaired) electrons. The van der Waals surface area contributed by atoms with Crippen molar-refractivity contribution in [1.29, 1.82) is 0 Å². The van der Waals surface area contributed by atoms with Gasteiger partial charge >= 0.3 is 0 Å². The van der Waals surface area contributed by atoms with Crippen LogP contribution in [0.4, 0.5) is 11.5 Å². The van der Waals surface area contributed by atoms with Gasteiger partial charge in [-0.2, -0.15) is 5.10 Å². The van der Waals surface area contributed by atoms with Gasteiger partial charge in [0.05, 0.1) is 5.69 Å². The summed E-state index contributed by atoms with van der Waals surface area (Å²) in [7, 11) is 0. The Labute approximate surface area is 113 Å². The molecule has 1 saturated carbocycles. The second-order valence-corrected chi connectivity index (χ2v) is 5.14.